The summed E-state index contributed by atoms with van der Waals surface area (Å²) in [5.74, 6) is -8.01. The van der Waals surface area contributed by atoms with E-state index >= 15 is 0 Å². The molecule has 3 aromatic rings. The van der Waals surface area contributed by atoms with Gasteiger partial charge in [0.1, 0.15) is 34.7 Å². The van der Waals surface area contributed by atoms with Crippen LogP contribution in [0.15, 0.2) is 66.5 Å². The molecule has 0 aliphatic carbocycles. The molecule has 9 atom stereocenters. The van der Waals surface area contributed by atoms with Gasteiger partial charge in [-0.2, -0.15) is 0 Å². The van der Waals surface area contributed by atoms with Gasteiger partial charge < -0.3 is 54.7 Å². The van der Waals surface area contributed by atoms with Gasteiger partial charge in [0, 0.05) is 93.9 Å². The van der Waals surface area contributed by atoms with E-state index in [1.165, 1.54) is 46.3 Å². The van der Waals surface area contributed by atoms with Crippen molar-refractivity contribution in [2.24, 2.45) is 23.7 Å². The van der Waals surface area contributed by atoms with Crippen molar-refractivity contribution < 1.29 is 58.9 Å². The first-order valence-electron chi connectivity index (χ1n) is 21.9. The molecule has 6 N–H and O–H groups in total. The summed E-state index contributed by atoms with van der Waals surface area (Å²) in [6.45, 7) is 15.4. The number of methoxy groups -OCH3 is 1. The number of aliphatic hydroxyl groups excluding tert-OH is 2. The molecule has 5 bridgehead atoms. The molecule has 1 fully saturated rings. The lowest BCUT2D eigenvalue weighted by atomic mass is 9.78. The summed E-state index contributed by atoms with van der Waals surface area (Å²) in [5, 5.41) is 61.9. The molecule has 346 valence electrons. The molecule has 7 rings (SSSR count). The number of phenols is 3. The second kappa shape index (κ2) is 19.6. The summed E-state index contributed by atoms with van der Waals surface area (Å²) in [4.78, 5) is 45.2. The fourth-order valence-corrected chi connectivity index (χ4v) is 9.21. The summed E-state index contributed by atoms with van der Waals surface area (Å²) in [7, 11) is 1.45. The monoisotopic (exact) mass is 885 g/mol. The number of nitrogens with zero attached hydrogens (tertiary/aromatic N) is 2. The fourth-order valence-electron chi connectivity index (χ4n) is 9.21. The number of ketones is 1. The molecular formula is C49H63N3O12. The highest BCUT2D eigenvalue weighted by Crippen LogP contribution is 2.57. The maximum Gasteiger partial charge on any atom is 0.312 e. The smallest absolute Gasteiger partial charge is 0.312 e. The number of rotatable bonds is 5. The van der Waals surface area contributed by atoms with Crippen LogP contribution < -0.4 is 15.0 Å². The Morgan fingerprint density at radius 3 is 2.27 bits per heavy atom. The SMILES string of the molecule is CO[C@H]1/C=C/O[C@@]2(C)Oc3c(C)c(O)c4c(O)c(c(N5CCCN(Cc6ccccc6)CC5)c(O)c4c3C2=O)NC(=O)/C(C)=C\C=C\[C@H](C)[C@H](O)[C@@H](C)[C@@H](O)[C@@H](C)[C@H](OC(C)=O)[C@@H]1C. The number of anilines is 2. The summed E-state index contributed by atoms with van der Waals surface area (Å²) in [6.07, 6.45) is 4.37. The van der Waals surface area contributed by atoms with E-state index in [2.05, 4.69) is 22.3 Å². The van der Waals surface area contributed by atoms with Crippen LogP contribution in [0.4, 0.5) is 11.4 Å². The van der Waals surface area contributed by atoms with Crippen LogP contribution >= 0.6 is 0 Å². The largest absolute Gasteiger partial charge is 0.507 e. The molecule has 0 radical (unpaired) electrons. The third-order valence-corrected chi connectivity index (χ3v) is 13.1. The van der Waals surface area contributed by atoms with Crippen molar-refractivity contribution >= 4 is 39.8 Å². The van der Waals surface area contributed by atoms with Crippen LogP contribution in [-0.2, 0) is 30.3 Å². The average Bonchev–Trinajstić information content (AvgIpc) is 3.37. The molecule has 3 aromatic carbocycles. The molecular weight excluding hydrogens is 823 g/mol. The van der Waals surface area contributed by atoms with Gasteiger partial charge in [-0.05, 0) is 31.9 Å². The van der Waals surface area contributed by atoms with Crippen LogP contribution in [0.5, 0.6) is 23.0 Å². The van der Waals surface area contributed by atoms with Crippen LogP contribution in [0.3, 0.4) is 0 Å². The minimum absolute atomic E-state index is 0.0585. The normalized spacial score (nSPS) is 30.5. The number of ether oxygens (including phenoxy) is 4. The number of carbonyl (C=O) groups is 3. The van der Waals surface area contributed by atoms with Gasteiger partial charge in [-0.15, -0.1) is 0 Å². The van der Waals surface area contributed by atoms with Crippen molar-refractivity contribution in [3.05, 3.63) is 83.2 Å². The molecule has 15 nitrogen and oxygen atoms in total. The Balaban J connectivity index is 1.50. The highest BCUT2D eigenvalue weighted by Gasteiger charge is 2.50. The Labute approximate surface area is 374 Å². The van der Waals surface area contributed by atoms with E-state index in [1.807, 2.05) is 23.1 Å². The number of aliphatic hydroxyl groups is 2. The van der Waals surface area contributed by atoms with Crippen LogP contribution in [0.25, 0.3) is 10.8 Å². The van der Waals surface area contributed by atoms with Gasteiger partial charge in [-0.3, -0.25) is 19.3 Å². The Morgan fingerprint density at radius 2 is 1.59 bits per heavy atom. The molecule has 4 aliphatic rings. The Hall–Kier alpha value is -5.61. The zero-order valence-corrected chi connectivity index (χ0v) is 38.1. The molecule has 4 aliphatic heterocycles. The number of carbonyl (C=O) groups excluding carboxylic acids is 3. The number of phenolic OH excluding ortho intramolecular Hbond substituents is 3. The van der Waals surface area contributed by atoms with Gasteiger partial charge in [0.05, 0.1) is 35.5 Å². The van der Waals surface area contributed by atoms with Gasteiger partial charge >= 0.3 is 11.8 Å². The molecule has 1 saturated heterocycles. The predicted octanol–water partition coefficient (Wildman–Crippen LogP) is 6.47. The van der Waals surface area contributed by atoms with Gasteiger partial charge in [-0.1, -0.05) is 76.3 Å². The number of hydrogen-bond acceptors (Lipinski definition) is 14. The number of fused-ring (bicyclic) bond motifs is 14. The maximum absolute atomic E-state index is 14.7. The third kappa shape index (κ3) is 9.44. The van der Waals surface area contributed by atoms with E-state index in [9.17, 15) is 39.9 Å². The second-order valence-corrected chi connectivity index (χ2v) is 17.7. The number of allylic oxidation sites excluding steroid dienone is 2. The Bertz CT molecular complexity index is 2330. The predicted molar refractivity (Wildman–Crippen MR) is 242 cm³/mol. The topological polar surface area (TPSA) is 208 Å². The van der Waals surface area contributed by atoms with E-state index in [1.54, 1.807) is 46.8 Å². The number of aromatic hydroxyl groups is 3. The molecule has 15 heteroatoms. The quantitative estimate of drug-likeness (QED) is 0.0924. The lowest BCUT2D eigenvalue weighted by molar-refractivity contribution is -0.160. The van der Waals surface area contributed by atoms with Crippen molar-refractivity contribution in [3.63, 3.8) is 0 Å². The number of Topliss-reactive ketones (excluding diaryl/α,β-unsaturated/α-hetero) is 1. The number of esters is 1. The first-order valence-corrected chi connectivity index (χ1v) is 21.9. The Morgan fingerprint density at radius 1 is 0.891 bits per heavy atom. The first kappa shape index (κ1) is 47.9. The van der Waals surface area contributed by atoms with Crippen molar-refractivity contribution in [2.45, 2.75) is 98.6 Å². The summed E-state index contributed by atoms with van der Waals surface area (Å²) >= 11 is 0. The van der Waals surface area contributed by atoms with Crippen molar-refractivity contribution in [1.82, 2.24) is 4.90 Å². The third-order valence-electron chi connectivity index (χ3n) is 13.1. The maximum atomic E-state index is 14.7. The minimum atomic E-state index is -2.04. The molecule has 1 amide bonds. The van der Waals surface area contributed by atoms with E-state index in [0.717, 1.165) is 12.1 Å². The minimum Gasteiger partial charge on any atom is -0.507 e. The molecule has 0 aromatic heterocycles. The molecule has 4 heterocycles. The second-order valence-electron chi connectivity index (χ2n) is 17.7. The zero-order chi connectivity index (χ0) is 46.8. The van der Waals surface area contributed by atoms with Crippen LogP contribution in [0.2, 0.25) is 0 Å². The highest BCUT2D eigenvalue weighted by molar-refractivity contribution is 6.23. The zero-order valence-electron chi connectivity index (χ0n) is 38.1. The standard InChI is InChI=1S/C49H63N3O12/c1-26-15-13-16-27(2)48(60)50-38-39(52-21-14-20-51(22-23-52)25-33-17-11-10-12-18-33)44(58)35-36(43(38)57)42(56)31(6)46-37(35)47(59)49(8,64-46)62-24-19-34(61-9)28(3)45(63-32(7)53)30(5)41(55)29(4)40(26)54/h10-13,15-19,24,26,28-30,34,40-41,45,54-58H,14,20-23,25H2,1-9H3,(H,50,60)/b15-13+,24-19+,27-16-/t26-,28+,29+,30+,34-,40-,41+,45+,49-/m0/s1. The Kier molecular flexibility index (Phi) is 14.7. The summed E-state index contributed by atoms with van der Waals surface area (Å²) in [6, 6.07) is 10.0. The van der Waals surface area contributed by atoms with Gasteiger partial charge in [0.2, 0.25) is 0 Å². The molecule has 0 saturated carbocycles. The first-order chi connectivity index (χ1) is 30.3. The number of amides is 1. The van der Waals surface area contributed by atoms with Crippen LogP contribution in [-0.4, -0.2) is 112 Å². The number of benzene rings is 3. The van der Waals surface area contributed by atoms with Crippen molar-refractivity contribution in [2.75, 3.05) is 43.5 Å². The van der Waals surface area contributed by atoms with Crippen LogP contribution in [0, 0.1) is 30.6 Å². The van der Waals surface area contributed by atoms with E-state index in [4.69, 9.17) is 18.9 Å². The van der Waals surface area contributed by atoms with Gasteiger partial charge in [0.25, 0.3) is 11.7 Å². The van der Waals surface area contributed by atoms with Crippen molar-refractivity contribution in [1.29, 1.82) is 0 Å². The summed E-state index contributed by atoms with van der Waals surface area (Å²) in [5.41, 5.74) is 1.18. The number of nitrogens with one attached hydrogen (secondary N) is 1. The van der Waals surface area contributed by atoms with E-state index < -0.39 is 88.8 Å². The van der Waals surface area contributed by atoms with E-state index in [-0.39, 0.29) is 44.6 Å². The highest BCUT2D eigenvalue weighted by atomic mass is 16.7. The van der Waals surface area contributed by atoms with E-state index in [0.29, 0.717) is 32.6 Å². The number of hydrogen-bond donors (Lipinski definition) is 6. The van der Waals surface area contributed by atoms with Crippen molar-refractivity contribution in [3.8, 4) is 23.0 Å². The average molecular weight is 886 g/mol. The molecule has 64 heavy (non-hydrogen) atoms. The van der Waals surface area contributed by atoms with Crippen LogP contribution in [0.1, 0.15) is 76.4 Å². The molecule has 0 spiro atoms. The lowest BCUT2D eigenvalue weighted by Crippen LogP contribution is -2.46. The van der Waals surface area contributed by atoms with Gasteiger partial charge in [0.15, 0.2) is 5.75 Å². The van der Waals surface area contributed by atoms with Gasteiger partial charge in [-0.25, -0.2) is 0 Å². The lowest BCUT2D eigenvalue weighted by Gasteiger charge is -2.38. The summed E-state index contributed by atoms with van der Waals surface area (Å²) < 4.78 is 23.8. The molecule has 0 unspecified atom stereocenters. The fraction of sp³-hybridized carbons (Fsp3) is 0.490.